The molecule has 0 saturated carbocycles. The minimum absolute atomic E-state index is 0.0168. The van der Waals surface area contributed by atoms with Crippen LogP contribution in [-0.4, -0.2) is 35.5 Å². The predicted octanol–water partition coefficient (Wildman–Crippen LogP) is 1.44. The number of benzene rings is 1. The summed E-state index contributed by atoms with van der Waals surface area (Å²) in [6.07, 6.45) is 1.24. The highest BCUT2D eigenvalue weighted by Crippen LogP contribution is 2.25. The zero-order valence-corrected chi connectivity index (χ0v) is 10.5. The number of phenolic OH excluding ortho intramolecular Hbond substituents is 1. The number of methoxy groups -OCH3 is 1. The summed E-state index contributed by atoms with van der Waals surface area (Å²) in [5.41, 5.74) is -0.0445. The summed E-state index contributed by atoms with van der Waals surface area (Å²) in [6.45, 7) is 0.738. The van der Waals surface area contributed by atoms with Gasteiger partial charge in [-0.2, -0.15) is 0 Å². The number of phenols is 1. The van der Waals surface area contributed by atoms with Crippen LogP contribution in [0.2, 0.25) is 0 Å². The highest BCUT2D eigenvalue weighted by Gasteiger charge is 2.23. The number of ether oxygens (including phenoxy) is 1. The quantitative estimate of drug-likeness (QED) is 0.841. The van der Waals surface area contributed by atoms with Gasteiger partial charge in [-0.15, -0.1) is 0 Å². The van der Waals surface area contributed by atoms with E-state index < -0.39 is 11.8 Å². The molecule has 0 atom stereocenters. The van der Waals surface area contributed by atoms with Gasteiger partial charge >= 0.3 is 5.97 Å². The molecule has 0 spiro atoms. The van der Waals surface area contributed by atoms with Gasteiger partial charge < -0.3 is 14.7 Å². The smallest absolute Gasteiger partial charge is 0.340 e. The Balaban J connectivity index is 2.25. The normalized spacial score (nSPS) is 14.8. The van der Waals surface area contributed by atoms with Gasteiger partial charge in [0.25, 0.3) is 0 Å². The van der Waals surface area contributed by atoms with Crippen LogP contribution in [0, 0.1) is 5.82 Å². The lowest BCUT2D eigenvalue weighted by molar-refractivity contribution is -0.128. The van der Waals surface area contributed by atoms with Crippen molar-refractivity contribution in [2.75, 3.05) is 13.7 Å². The first-order chi connectivity index (χ1) is 9.02. The van der Waals surface area contributed by atoms with E-state index in [0.717, 1.165) is 25.7 Å². The first kappa shape index (κ1) is 13.3. The van der Waals surface area contributed by atoms with E-state index in [2.05, 4.69) is 4.74 Å². The molecule has 1 aromatic rings. The topological polar surface area (TPSA) is 66.8 Å². The molecular formula is C13H14FNO4. The zero-order valence-electron chi connectivity index (χ0n) is 10.5. The molecule has 5 nitrogen and oxygen atoms in total. The van der Waals surface area contributed by atoms with E-state index >= 15 is 0 Å². The lowest BCUT2D eigenvalue weighted by Gasteiger charge is -2.16. The fourth-order valence-electron chi connectivity index (χ4n) is 2.07. The molecule has 0 aromatic heterocycles. The number of nitrogens with zero attached hydrogens (tertiary/aromatic N) is 1. The molecule has 1 aliphatic heterocycles. The third-order valence-electron chi connectivity index (χ3n) is 3.11. The third-order valence-corrected chi connectivity index (χ3v) is 3.11. The van der Waals surface area contributed by atoms with Crippen molar-refractivity contribution in [3.05, 3.63) is 29.1 Å². The van der Waals surface area contributed by atoms with E-state index in [1.807, 2.05) is 0 Å². The molecule has 1 saturated heterocycles. The first-order valence-electron chi connectivity index (χ1n) is 5.90. The van der Waals surface area contributed by atoms with Crippen LogP contribution in [0.25, 0.3) is 0 Å². The van der Waals surface area contributed by atoms with Gasteiger partial charge in [-0.05, 0) is 18.6 Å². The Morgan fingerprint density at radius 1 is 1.53 bits per heavy atom. The van der Waals surface area contributed by atoms with Crippen LogP contribution in [0.15, 0.2) is 12.1 Å². The standard InChI is InChI=1S/C13H14FNO4/c1-19-13(18)9-6-11(16)8(5-10(9)14)7-15-4-2-3-12(15)17/h5-6,16H,2-4,7H2,1H3. The second-order valence-corrected chi connectivity index (χ2v) is 4.37. The Kier molecular flexibility index (Phi) is 3.69. The summed E-state index contributed by atoms with van der Waals surface area (Å²) >= 11 is 0. The lowest BCUT2D eigenvalue weighted by Crippen LogP contribution is -2.24. The molecule has 1 heterocycles. The van der Waals surface area contributed by atoms with Crippen molar-refractivity contribution in [1.82, 2.24) is 4.90 Å². The number of amides is 1. The number of carbonyl (C=O) groups is 2. The number of rotatable bonds is 3. The molecule has 0 bridgehead atoms. The number of halogens is 1. The summed E-state index contributed by atoms with van der Waals surface area (Å²) in [7, 11) is 1.13. The Morgan fingerprint density at radius 3 is 2.84 bits per heavy atom. The number of likely N-dealkylation sites (tertiary alicyclic amines) is 1. The van der Waals surface area contributed by atoms with E-state index in [9.17, 15) is 19.1 Å². The Hall–Kier alpha value is -2.11. The van der Waals surface area contributed by atoms with E-state index in [1.54, 1.807) is 4.90 Å². The maximum absolute atomic E-state index is 13.7. The Labute approximate surface area is 109 Å². The molecule has 1 amide bonds. The maximum atomic E-state index is 13.7. The molecule has 1 aliphatic rings. The highest BCUT2D eigenvalue weighted by atomic mass is 19.1. The number of aromatic hydroxyl groups is 1. The SMILES string of the molecule is COC(=O)c1cc(O)c(CN2CCCC2=O)cc1F. The molecular weight excluding hydrogens is 253 g/mol. The molecule has 0 unspecified atom stereocenters. The van der Waals surface area contributed by atoms with Crippen molar-refractivity contribution < 1.29 is 23.8 Å². The summed E-state index contributed by atoms with van der Waals surface area (Å²) in [6, 6.07) is 2.09. The van der Waals surface area contributed by atoms with Crippen LogP contribution in [0.4, 0.5) is 4.39 Å². The van der Waals surface area contributed by atoms with Crippen molar-refractivity contribution >= 4 is 11.9 Å². The van der Waals surface area contributed by atoms with Gasteiger partial charge in [0.1, 0.15) is 11.6 Å². The third kappa shape index (κ3) is 2.67. The summed E-state index contributed by atoms with van der Waals surface area (Å²) in [5, 5.41) is 9.79. The summed E-state index contributed by atoms with van der Waals surface area (Å²) < 4.78 is 18.1. The van der Waals surface area contributed by atoms with Crippen LogP contribution in [0.3, 0.4) is 0 Å². The monoisotopic (exact) mass is 267 g/mol. The maximum Gasteiger partial charge on any atom is 0.340 e. The first-order valence-corrected chi connectivity index (χ1v) is 5.90. The van der Waals surface area contributed by atoms with Crippen LogP contribution in [0.1, 0.15) is 28.8 Å². The number of hydrogen-bond acceptors (Lipinski definition) is 4. The molecule has 0 radical (unpaired) electrons. The van der Waals surface area contributed by atoms with Gasteiger partial charge in [-0.1, -0.05) is 0 Å². The van der Waals surface area contributed by atoms with Crippen molar-refractivity contribution in [3.8, 4) is 5.75 Å². The van der Waals surface area contributed by atoms with Crippen LogP contribution in [0.5, 0.6) is 5.75 Å². The fourth-order valence-corrected chi connectivity index (χ4v) is 2.07. The Morgan fingerprint density at radius 2 is 2.26 bits per heavy atom. The van der Waals surface area contributed by atoms with Crippen LogP contribution in [-0.2, 0) is 16.1 Å². The fraction of sp³-hybridized carbons (Fsp3) is 0.385. The van der Waals surface area contributed by atoms with Crippen molar-refractivity contribution in [3.63, 3.8) is 0 Å². The van der Waals surface area contributed by atoms with Gasteiger partial charge in [0, 0.05) is 25.1 Å². The second kappa shape index (κ2) is 5.26. The van der Waals surface area contributed by atoms with Crippen molar-refractivity contribution in [2.45, 2.75) is 19.4 Å². The van der Waals surface area contributed by atoms with E-state index in [-0.39, 0.29) is 29.3 Å². The minimum Gasteiger partial charge on any atom is -0.508 e. The molecule has 1 aromatic carbocycles. The van der Waals surface area contributed by atoms with Crippen molar-refractivity contribution in [2.24, 2.45) is 0 Å². The van der Waals surface area contributed by atoms with Crippen molar-refractivity contribution in [1.29, 1.82) is 0 Å². The summed E-state index contributed by atoms with van der Waals surface area (Å²) in [5.74, 6) is -1.86. The number of hydrogen-bond donors (Lipinski definition) is 1. The van der Waals surface area contributed by atoms with Gasteiger partial charge in [-0.25, -0.2) is 9.18 Å². The van der Waals surface area contributed by atoms with Gasteiger partial charge in [0.2, 0.25) is 5.91 Å². The second-order valence-electron chi connectivity index (χ2n) is 4.37. The Bertz CT molecular complexity index is 530. The average molecular weight is 267 g/mol. The molecule has 1 N–H and O–H groups in total. The van der Waals surface area contributed by atoms with Gasteiger partial charge in [-0.3, -0.25) is 4.79 Å². The van der Waals surface area contributed by atoms with E-state index in [4.69, 9.17) is 0 Å². The molecule has 6 heteroatoms. The predicted molar refractivity (Wildman–Crippen MR) is 64.1 cm³/mol. The average Bonchev–Trinajstić information content (AvgIpc) is 2.78. The van der Waals surface area contributed by atoms with E-state index in [1.165, 1.54) is 0 Å². The van der Waals surface area contributed by atoms with Crippen LogP contribution >= 0.6 is 0 Å². The molecule has 0 aliphatic carbocycles. The number of esters is 1. The van der Waals surface area contributed by atoms with Gasteiger partial charge in [0.15, 0.2) is 0 Å². The zero-order chi connectivity index (χ0) is 14.0. The van der Waals surface area contributed by atoms with E-state index in [0.29, 0.717) is 13.0 Å². The lowest BCUT2D eigenvalue weighted by atomic mass is 10.1. The largest absolute Gasteiger partial charge is 0.508 e. The molecule has 2 rings (SSSR count). The molecule has 19 heavy (non-hydrogen) atoms. The molecule has 102 valence electrons. The number of carbonyl (C=O) groups excluding carboxylic acids is 2. The minimum atomic E-state index is -0.850. The summed E-state index contributed by atoms with van der Waals surface area (Å²) in [4.78, 5) is 24.3. The van der Waals surface area contributed by atoms with Gasteiger partial charge in [0.05, 0.1) is 12.7 Å². The molecule has 1 fully saturated rings. The highest BCUT2D eigenvalue weighted by molar-refractivity contribution is 5.90. The van der Waals surface area contributed by atoms with Crippen LogP contribution < -0.4 is 0 Å².